The Bertz CT molecular complexity index is 2180. The van der Waals surface area contributed by atoms with Crippen LogP contribution < -0.4 is 0 Å². The molecular formula is C56H80N4O3. The van der Waals surface area contributed by atoms with E-state index in [1.807, 2.05) is 24.7 Å². The molecule has 1 aromatic heterocycles. The molecule has 4 heterocycles. The maximum atomic E-state index is 11.2. The molecule has 7 atom stereocenters. The topological polar surface area (TPSA) is 102 Å². The molecule has 7 heteroatoms. The highest BCUT2D eigenvalue weighted by Crippen LogP contribution is 2.43. The van der Waals surface area contributed by atoms with E-state index in [4.69, 9.17) is 9.98 Å². The third-order valence-electron chi connectivity index (χ3n) is 14.2. The molecule has 3 N–H and O–H groups in total. The van der Waals surface area contributed by atoms with E-state index in [9.17, 15) is 15.3 Å². The molecule has 3 aromatic carbocycles. The molecule has 4 fully saturated rings. The number of benzene rings is 3. The van der Waals surface area contributed by atoms with Crippen molar-refractivity contribution in [2.24, 2.45) is 21.8 Å². The van der Waals surface area contributed by atoms with Gasteiger partial charge in [-0.3, -0.25) is 19.9 Å². The van der Waals surface area contributed by atoms with E-state index in [2.05, 4.69) is 149 Å². The second kappa shape index (κ2) is 18.8. The molecule has 0 amide bonds. The van der Waals surface area contributed by atoms with Crippen LogP contribution in [0.1, 0.15) is 186 Å². The van der Waals surface area contributed by atoms with Gasteiger partial charge in [0.1, 0.15) is 11.5 Å². The standard InChI is InChI=1S/C36H54N2O2.C20H26N2O/c1-33(2,3)25-17-23(31(39)27(19-25)35(7,8)9)21-37-29-15-13-14-16-30(29)38-22-24-18-26(34(4,5)6)20-28(32(24)40)36(10,11)12;1-3-14-12-22-9-7-15(14)11-19(22)20(23)16-6-8-21-18-5-4-13(2)10-17(16)18/h17-22,29-30,39-40H,13-16H2,1-12H3;4-6,8,10,14-15,19-20,23H,3,7,9,11-12H2,1-2H3/t29-,30?;14?,15?,19?,20-/m00/s1. The SMILES string of the molecule is CC(C)(C)c1cc(C=NC2CCCC[C@@H]2N=Cc2cc(C(C)(C)C)cc(C(C)(C)C)c2O)c(O)c(C(C)(C)C)c1.CCC1CN2CCC1CC2[C@@H](O)c1ccnc2ccc(C)cc12. The summed E-state index contributed by atoms with van der Waals surface area (Å²) in [5.74, 6) is 2.25. The fourth-order valence-corrected chi connectivity index (χ4v) is 10.0. The fourth-order valence-electron chi connectivity index (χ4n) is 10.0. The van der Waals surface area contributed by atoms with Crippen LogP contribution in [-0.2, 0) is 21.7 Å². The van der Waals surface area contributed by atoms with Crippen molar-refractivity contribution in [1.29, 1.82) is 0 Å². The maximum Gasteiger partial charge on any atom is 0.128 e. The lowest BCUT2D eigenvalue weighted by Gasteiger charge is -2.51. The number of pyridine rings is 1. The Kier molecular flexibility index (Phi) is 14.4. The molecule has 8 rings (SSSR count). The third-order valence-corrected chi connectivity index (χ3v) is 14.2. The lowest BCUT2D eigenvalue weighted by atomic mass is 9.72. The van der Waals surface area contributed by atoms with Gasteiger partial charge in [0.25, 0.3) is 0 Å². The Labute approximate surface area is 380 Å². The number of phenols is 2. The lowest BCUT2D eigenvalue weighted by Crippen LogP contribution is -2.55. The number of aromatic hydroxyl groups is 2. The lowest BCUT2D eigenvalue weighted by molar-refractivity contribution is -0.0562. The second-order valence-corrected chi connectivity index (χ2v) is 23.3. The number of fused-ring (bicyclic) bond motifs is 4. The first kappa shape index (κ1) is 48.4. The van der Waals surface area contributed by atoms with Crippen molar-refractivity contribution in [3.05, 3.63) is 99.2 Å². The van der Waals surface area contributed by atoms with Crippen LogP contribution in [0.5, 0.6) is 11.5 Å². The minimum absolute atomic E-state index is 0.0378. The van der Waals surface area contributed by atoms with Crippen molar-refractivity contribution in [3.63, 3.8) is 0 Å². The molecule has 0 spiro atoms. The van der Waals surface area contributed by atoms with E-state index in [0.717, 1.165) is 95.7 Å². The molecule has 3 aliphatic heterocycles. The number of aromatic nitrogens is 1. The van der Waals surface area contributed by atoms with Gasteiger partial charge in [0, 0.05) is 58.9 Å². The second-order valence-electron chi connectivity index (χ2n) is 23.3. The summed E-state index contributed by atoms with van der Waals surface area (Å²) in [5, 5.41) is 34.7. The Balaban J connectivity index is 0.000000241. The summed E-state index contributed by atoms with van der Waals surface area (Å²) >= 11 is 0. The number of rotatable bonds is 7. The van der Waals surface area contributed by atoms with Gasteiger partial charge in [-0.2, -0.15) is 0 Å². The highest BCUT2D eigenvalue weighted by Gasteiger charge is 2.42. The summed E-state index contributed by atoms with van der Waals surface area (Å²) in [6, 6.07) is 17.1. The summed E-state index contributed by atoms with van der Waals surface area (Å²) in [7, 11) is 0. The Morgan fingerprint density at radius 2 is 1.24 bits per heavy atom. The average molecular weight is 857 g/mol. The minimum Gasteiger partial charge on any atom is -0.507 e. The first-order chi connectivity index (χ1) is 29.4. The van der Waals surface area contributed by atoms with Gasteiger partial charge in [-0.1, -0.05) is 133 Å². The highest BCUT2D eigenvalue weighted by atomic mass is 16.3. The number of phenolic OH excluding ortho intramolecular Hbond substituents is 2. The van der Waals surface area contributed by atoms with Gasteiger partial charge in [0.2, 0.25) is 0 Å². The number of aliphatic hydroxyl groups is 1. The van der Waals surface area contributed by atoms with E-state index in [1.54, 1.807) is 0 Å². The van der Waals surface area contributed by atoms with E-state index in [1.165, 1.54) is 29.5 Å². The normalized spacial score (nSPS) is 23.9. The Morgan fingerprint density at radius 1 is 0.714 bits per heavy atom. The molecule has 63 heavy (non-hydrogen) atoms. The van der Waals surface area contributed by atoms with Crippen LogP contribution in [0.15, 0.2) is 64.7 Å². The third kappa shape index (κ3) is 11.2. The molecule has 0 radical (unpaired) electrons. The maximum absolute atomic E-state index is 11.2. The average Bonchev–Trinajstić information content (AvgIpc) is 3.21. The van der Waals surface area contributed by atoms with E-state index in [0.29, 0.717) is 11.5 Å². The number of aliphatic hydroxyl groups excluding tert-OH is 1. The summed E-state index contributed by atoms with van der Waals surface area (Å²) in [5.41, 5.74) is 8.64. The number of aliphatic imine (C=N–C) groups is 2. The van der Waals surface area contributed by atoms with Crippen LogP contribution in [0.2, 0.25) is 0 Å². The summed E-state index contributed by atoms with van der Waals surface area (Å²) < 4.78 is 0. The van der Waals surface area contributed by atoms with Crippen molar-refractivity contribution in [2.75, 3.05) is 13.1 Å². The van der Waals surface area contributed by atoms with Crippen LogP contribution >= 0.6 is 0 Å². The van der Waals surface area contributed by atoms with E-state index >= 15 is 0 Å². The van der Waals surface area contributed by atoms with Crippen LogP contribution in [-0.4, -0.2) is 68.8 Å². The zero-order valence-corrected chi connectivity index (χ0v) is 41.3. The van der Waals surface area contributed by atoms with Crippen LogP contribution in [0.3, 0.4) is 0 Å². The fraction of sp³-hybridized carbons (Fsp3) is 0.589. The monoisotopic (exact) mass is 857 g/mol. The van der Waals surface area contributed by atoms with Crippen LogP contribution in [0.4, 0.5) is 0 Å². The van der Waals surface area contributed by atoms with Crippen molar-refractivity contribution in [3.8, 4) is 11.5 Å². The van der Waals surface area contributed by atoms with E-state index < -0.39 is 6.10 Å². The van der Waals surface area contributed by atoms with Gasteiger partial charge in [0.15, 0.2) is 0 Å². The van der Waals surface area contributed by atoms with Crippen LogP contribution in [0, 0.1) is 18.8 Å². The molecule has 7 nitrogen and oxygen atoms in total. The van der Waals surface area contributed by atoms with Crippen molar-refractivity contribution in [1.82, 2.24) is 9.88 Å². The zero-order valence-electron chi connectivity index (χ0n) is 41.3. The first-order valence-corrected chi connectivity index (χ1v) is 24.0. The van der Waals surface area contributed by atoms with Gasteiger partial charge < -0.3 is 15.3 Å². The molecule has 1 saturated carbocycles. The predicted molar refractivity (Wildman–Crippen MR) is 266 cm³/mol. The molecule has 3 saturated heterocycles. The van der Waals surface area contributed by atoms with Crippen molar-refractivity contribution < 1.29 is 15.3 Å². The summed E-state index contributed by atoms with van der Waals surface area (Å²) in [6.07, 6.45) is 13.0. The van der Waals surface area contributed by atoms with Crippen molar-refractivity contribution in [2.45, 2.75) is 188 Å². The quantitative estimate of drug-likeness (QED) is 0.161. The number of hydrogen-bond acceptors (Lipinski definition) is 7. The number of nitrogens with zero attached hydrogens (tertiary/aromatic N) is 4. The predicted octanol–water partition coefficient (Wildman–Crippen LogP) is 12.8. The van der Waals surface area contributed by atoms with E-state index in [-0.39, 0.29) is 39.8 Å². The van der Waals surface area contributed by atoms with Crippen molar-refractivity contribution >= 4 is 23.3 Å². The molecule has 342 valence electrons. The van der Waals surface area contributed by atoms with Gasteiger partial charge in [-0.15, -0.1) is 0 Å². The Morgan fingerprint density at radius 3 is 1.68 bits per heavy atom. The molecule has 4 aliphatic rings. The first-order valence-electron chi connectivity index (χ1n) is 24.0. The number of hydrogen-bond donors (Lipinski definition) is 3. The van der Waals surface area contributed by atoms with Gasteiger partial charge >= 0.3 is 0 Å². The molecule has 2 bridgehead atoms. The Hall–Kier alpha value is -4.07. The van der Waals surface area contributed by atoms with Gasteiger partial charge in [-0.05, 0) is 120 Å². The highest BCUT2D eigenvalue weighted by molar-refractivity contribution is 5.86. The van der Waals surface area contributed by atoms with Crippen LogP contribution in [0.25, 0.3) is 10.9 Å². The number of aryl methyl sites for hydroxylation is 1. The molecule has 5 unspecified atom stereocenters. The zero-order chi connectivity index (χ0) is 46.2. The smallest absolute Gasteiger partial charge is 0.128 e. The van der Waals surface area contributed by atoms with Gasteiger partial charge in [-0.25, -0.2) is 0 Å². The minimum atomic E-state index is -0.414. The molecular weight excluding hydrogens is 777 g/mol. The molecule has 1 aliphatic carbocycles. The number of piperidine rings is 3. The summed E-state index contributed by atoms with van der Waals surface area (Å²) in [4.78, 5) is 17.0. The summed E-state index contributed by atoms with van der Waals surface area (Å²) in [6.45, 7) is 32.7. The van der Waals surface area contributed by atoms with Gasteiger partial charge in [0.05, 0.1) is 23.7 Å². The molecule has 4 aromatic rings. The largest absolute Gasteiger partial charge is 0.507 e.